The summed E-state index contributed by atoms with van der Waals surface area (Å²) in [5, 5.41) is 12.9. The van der Waals surface area contributed by atoms with Gasteiger partial charge < -0.3 is 5.11 Å². The summed E-state index contributed by atoms with van der Waals surface area (Å²) in [6.45, 7) is 0.237. The third-order valence-electron chi connectivity index (χ3n) is 2.53. The maximum Gasteiger partial charge on any atom is 0.0624 e. The fraction of sp³-hybridized carbons (Fsp3) is 1.00. The molecular formula is C8H15N3O. The average molecular weight is 169 g/mol. The smallest absolute Gasteiger partial charge is 0.0624 e. The van der Waals surface area contributed by atoms with Crippen molar-refractivity contribution in [3.8, 4) is 0 Å². The van der Waals surface area contributed by atoms with Crippen molar-refractivity contribution in [2.24, 2.45) is 11.0 Å². The average Bonchev–Trinajstić information content (AvgIpc) is 2.15. The minimum absolute atomic E-state index is 0.237. The third-order valence-corrected chi connectivity index (χ3v) is 2.53. The molecule has 0 radical (unpaired) electrons. The van der Waals surface area contributed by atoms with Crippen LogP contribution in [-0.2, 0) is 0 Å². The molecule has 0 aromatic heterocycles. The Morgan fingerprint density at radius 2 is 2.08 bits per heavy atom. The Balaban J connectivity index is 2.28. The van der Waals surface area contributed by atoms with Crippen LogP contribution in [0.15, 0.2) is 5.11 Å². The summed E-state index contributed by atoms with van der Waals surface area (Å²) in [7, 11) is 0. The summed E-state index contributed by atoms with van der Waals surface area (Å²) in [5.74, 6) is 0.365. The van der Waals surface area contributed by atoms with Crippen LogP contribution in [0.25, 0.3) is 10.4 Å². The first kappa shape index (κ1) is 9.36. The van der Waals surface area contributed by atoms with Gasteiger partial charge in [-0.05, 0) is 24.3 Å². The Bertz CT molecular complexity index is 171. The number of hydrogen-bond donors (Lipinski definition) is 1. The summed E-state index contributed by atoms with van der Waals surface area (Å²) in [5.41, 5.74) is 8.06. The summed E-state index contributed by atoms with van der Waals surface area (Å²) in [6, 6.07) is 0. The van der Waals surface area contributed by atoms with Crippen molar-refractivity contribution in [3.05, 3.63) is 10.4 Å². The van der Waals surface area contributed by atoms with E-state index < -0.39 is 6.10 Å². The Hall–Kier alpha value is -0.730. The van der Waals surface area contributed by atoms with E-state index in [-0.39, 0.29) is 6.54 Å². The lowest BCUT2D eigenvalue weighted by atomic mass is 9.85. The molecule has 68 valence electrons. The molecule has 1 N–H and O–H groups in total. The van der Waals surface area contributed by atoms with Gasteiger partial charge in [-0.25, -0.2) is 0 Å². The fourth-order valence-electron chi connectivity index (χ4n) is 1.79. The second kappa shape index (κ2) is 5.01. The standard InChI is InChI=1S/C8H15N3O/c9-11-10-6-8(12)7-4-2-1-3-5-7/h7-8,12H,1-6H2/t8-/m1/s1. The highest BCUT2D eigenvalue weighted by atomic mass is 16.3. The van der Waals surface area contributed by atoms with Gasteiger partial charge >= 0.3 is 0 Å². The van der Waals surface area contributed by atoms with Crippen LogP contribution in [0.3, 0.4) is 0 Å². The van der Waals surface area contributed by atoms with Crippen LogP contribution in [0.4, 0.5) is 0 Å². The Kier molecular flexibility index (Phi) is 3.91. The SMILES string of the molecule is [N-]=[N+]=NC[C@@H](O)C1CCCCC1. The lowest BCUT2D eigenvalue weighted by molar-refractivity contribution is 0.0921. The summed E-state index contributed by atoms with van der Waals surface area (Å²) >= 11 is 0. The number of aliphatic hydroxyl groups is 1. The zero-order chi connectivity index (χ0) is 8.81. The van der Waals surface area contributed by atoms with E-state index in [1.165, 1.54) is 19.3 Å². The van der Waals surface area contributed by atoms with Gasteiger partial charge in [0.05, 0.1) is 12.6 Å². The van der Waals surface area contributed by atoms with Gasteiger partial charge in [-0.1, -0.05) is 24.4 Å². The molecule has 1 aliphatic carbocycles. The van der Waals surface area contributed by atoms with Crippen molar-refractivity contribution in [2.75, 3.05) is 6.54 Å². The lowest BCUT2D eigenvalue weighted by Gasteiger charge is -2.25. The monoisotopic (exact) mass is 169 g/mol. The number of aliphatic hydroxyl groups excluding tert-OH is 1. The molecule has 0 unspecified atom stereocenters. The van der Waals surface area contributed by atoms with Crippen molar-refractivity contribution in [1.82, 2.24) is 0 Å². The minimum atomic E-state index is -0.416. The quantitative estimate of drug-likeness (QED) is 0.393. The van der Waals surface area contributed by atoms with Crippen LogP contribution >= 0.6 is 0 Å². The molecule has 1 atom stereocenters. The fourth-order valence-corrected chi connectivity index (χ4v) is 1.79. The van der Waals surface area contributed by atoms with Crippen molar-refractivity contribution in [3.63, 3.8) is 0 Å². The highest BCUT2D eigenvalue weighted by Gasteiger charge is 2.20. The molecule has 0 aromatic carbocycles. The van der Waals surface area contributed by atoms with Crippen molar-refractivity contribution >= 4 is 0 Å². The summed E-state index contributed by atoms with van der Waals surface area (Å²) in [6.07, 6.45) is 5.45. The van der Waals surface area contributed by atoms with Crippen LogP contribution in [0, 0.1) is 5.92 Å². The normalized spacial score (nSPS) is 21.4. The molecule has 4 nitrogen and oxygen atoms in total. The molecule has 0 aromatic rings. The van der Waals surface area contributed by atoms with Gasteiger partial charge in [-0.15, -0.1) is 0 Å². The molecule has 0 spiro atoms. The maximum atomic E-state index is 9.54. The van der Waals surface area contributed by atoms with Gasteiger partial charge in [0, 0.05) is 4.91 Å². The maximum absolute atomic E-state index is 9.54. The third kappa shape index (κ3) is 2.72. The van der Waals surface area contributed by atoms with Gasteiger partial charge in [-0.2, -0.15) is 0 Å². The molecule has 0 aliphatic heterocycles. The molecule has 0 amide bonds. The molecule has 0 saturated heterocycles. The van der Waals surface area contributed by atoms with E-state index in [0.29, 0.717) is 5.92 Å². The second-order valence-electron chi connectivity index (χ2n) is 3.38. The first-order valence-electron chi connectivity index (χ1n) is 4.53. The van der Waals surface area contributed by atoms with Gasteiger partial charge in [0.15, 0.2) is 0 Å². The molecule has 12 heavy (non-hydrogen) atoms. The Labute approximate surface area is 72.2 Å². The Morgan fingerprint density at radius 3 is 2.67 bits per heavy atom. The minimum Gasteiger partial charge on any atom is -0.393 e. The van der Waals surface area contributed by atoms with Gasteiger partial charge in [0.1, 0.15) is 0 Å². The summed E-state index contributed by atoms with van der Waals surface area (Å²) < 4.78 is 0. The number of rotatable bonds is 3. The zero-order valence-electron chi connectivity index (χ0n) is 7.19. The number of hydrogen-bond acceptors (Lipinski definition) is 2. The first-order chi connectivity index (χ1) is 5.84. The second-order valence-corrected chi connectivity index (χ2v) is 3.38. The molecule has 1 fully saturated rings. The van der Waals surface area contributed by atoms with Gasteiger partial charge in [-0.3, -0.25) is 0 Å². The summed E-state index contributed by atoms with van der Waals surface area (Å²) in [4.78, 5) is 2.64. The lowest BCUT2D eigenvalue weighted by Crippen LogP contribution is -2.25. The molecule has 0 heterocycles. The predicted octanol–water partition coefficient (Wildman–Crippen LogP) is 2.24. The molecule has 1 aliphatic rings. The van der Waals surface area contributed by atoms with E-state index in [9.17, 15) is 5.11 Å². The largest absolute Gasteiger partial charge is 0.393 e. The molecular weight excluding hydrogens is 154 g/mol. The molecule has 1 rings (SSSR count). The zero-order valence-corrected chi connectivity index (χ0v) is 7.19. The van der Waals surface area contributed by atoms with E-state index in [1.807, 2.05) is 0 Å². The van der Waals surface area contributed by atoms with Crippen LogP contribution in [-0.4, -0.2) is 17.8 Å². The van der Waals surface area contributed by atoms with Crippen LogP contribution in [0.1, 0.15) is 32.1 Å². The van der Waals surface area contributed by atoms with Crippen LogP contribution in [0.5, 0.6) is 0 Å². The van der Waals surface area contributed by atoms with E-state index in [4.69, 9.17) is 5.53 Å². The van der Waals surface area contributed by atoms with Crippen LogP contribution in [0.2, 0.25) is 0 Å². The first-order valence-corrected chi connectivity index (χ1v) is 4.53. The Morgan fingerprint density at radius 1 is 1.42 bits per heavy atom. The van der Waals surface area contributed by atoms with E-state index >= 15 is 0 Å². The van der Waals surface area contributed by atoms with E-state index in [0.717, 1.165) is 12.8 Å². The topological polar surface area (TPSA) is 69.0 Å². The van der Waals surface area contributed by atoms with E-state index in [2.05, 4.69) is 10.0 Å². The molecule has 4 heteroatoms. The predicted molar refractivity (Wildman–Crippen MR) is 46.6 cm³/mol. The highest BCUT2D eigenvalue weighted by molar-refractivity contribution is 4.74. The molecule has 1 saturated carbocycles. The van der Waals surface area contributed by atoms with Crippen LogP contribution < -0.4 is 0 Å². The van der Waals surface area contributed by atoms with E-state index in [1.54, 1.807) is 0 Å². The van der Waals surface area contributed by atoms with Crippen molar-refractivity contribution < 1.29 is 5.11 Å². The van der Waals surface area contributed by atoms with Crippen molar-refractivity contribution in [2.45, 2.75) is 38.2 Å². The number of azide groups is 1. The van der Waals surface area contributed by atoms with Crippen molar-refractivity contribution in [1.29, 1.82) is 0 Å². The van der Waals surface area contributed by atoms with Gasteiger partial charge in [0.25, 0.3) is 0 Å². The number of nitrogens with zero attached hydrogens (tertiary/aromatic N) is 3. The molecule has 0 bridgehead atoms. The van der Waals surface area contributed by atoms with Gasteiger partial charge in [0.2, 0.25) is 0 Å². The highest BCUT2D eigenvalue weighted by Crippen LogP contribution is 2.26.